The van der Waals surface area contributed by atoms with Crippen LogP contribution in [-0.4, -0.2) is 28.8 Å². The molecule has 176 valence electrons. The topological polar surface area (TPSA) is 75.4 Å². The monoisotopic (exact) mass is 479 g/mol. The highest BCUT2D eigenvalue weighted by Crippen LogP contribution is 2.29. The van der Waals surface area contributed by atoms with E-state index >= 15 is 0 Å². The first kappa shape index (κ1) is 23.9. The van der Waals surface area contributed by atoms with Crippen LogP contribution in [0.2, 0.25) is 5.02 Å². The molecule has 0 aliphatic heterocycles. The van der Waals surface area contributed by atoms with E-state index in [1.54, 1.807) is 41.3 Å². The Labute approximate surface area is 203 Å². The molecule has 34 heavy (non-hydrogen) atoms. The lowest BCUT2D eigenvalue weighted by atomic mass is 9.89. The second kappa shape index (κ2) is 10.8. The van der Waals surface area contributed by atoms with Gasteiger partial charge in [-0.1, -0.05) is 48.7 Å². The predicted molar refractivity (Wildman–Crippen MR) is 132 cm³/mol. The number of halogens is 2. The van der Waals surface area contributed by atoms with Crippen molar-refractivity contribution in [2.24, 2.45) is 5.73 Å². The van der Waals surface area contributed by atoms with E-state index in [1.165, 1.54) is 18.2 Å². The summed E-state index contributed by atoms with van der Waals surface area (Å²) in [6.07, 6.45) is 3.75. The molecule has 0 saturated heterocycles. The maximum atomic E-state index is 13.5. The molecule has 0 heterocycles. The molecule has 2 amide bonds. The van der Waals surface area contributed by atoms with Crippen LogP contribution in [0.5, 0.6) is 0 Å². The van der Waals surface area contributed by atoms with Gasteiger partial charge in [-0.2, -0.15) is 0 Å². The fourth-order valence-electron chi connectivity index (χ4n) is 4.40. The third-order valence-corrected chi connectivity index (χ3v) is 6.56. The number of rotatable bonds is 6. The second-order valence-corrected chi connectivity index (χ2v) is 8.99. The average molecular weight is 480 g/mol. The molecule has 3 N–H and O–H groups in total. The molecular formula is C27H27ClFN3O2. The summed E-state index contributed by atoms with van der Waals surface area (Å²) < 4.78 is 13.5. The van der Waals surface area contributed by atoms with Crippen molar-refractivity contribution in [1.29, 1.82) is 0 Å². The number of hydrogen-bond donors (Lipinski definition) is 2. The number of nitrogens with two attached hydrogens (primary N) is 1. The maximum Gasteiger partial charge on any atom is 0.255 e. The zero-order valence-electron chi connectivity index (χ0n) is 18.7. The van der Waals surface area contributed by atoms with Crippen molar-refractivity contribution in [3.8, 4) is 0 Å². The lowest BCUT2D eigenvalue weighted by Crippen LogP contribution is -2.51. The Bertz CT molecular complexity index is 1170. The van der Waals surface area contributed by atoms with Crippen LogP contribution >= 0.6 is 11.6 Å². The minimum Gasteiger partial charge on any atom is -0.330 e. The van der Waals surface area contributed by atoms with Gasteiger partial charge in [0.15, 0.2) is 0 Å². The van der Waals surface area contributed by atoms with Crippen LogP contribution in [0.25, 0.3) is 0 Å². The van der Waals surface area contributed by atoms with Gasteiger partial charge >= 0.3 is 0 Å². The molecule has 2 unspecified atom stereocenters. The van der Waals surface area contributed by atoms with Crippen molar-refractivity contribution < 1.29 is 14.0 Å². The van der Waals surface area contributed by atoms with E-state index in [4.69, 9.17) is 17.3 Å². The molecule has 3 aromatic carbocycles. The van der Waals surface area contributed by atoms with Gasteiger partial charge in [0.1, 0.15) is 5.82 Å². The van der Waals surface area contributed by atoms with Crippen molar-refractivity contribution in [2.75, 3.05) is 5.32 Å². The molecule has 1 fully saturated rings. The van der Waals surface area contributed by atoms with E-state index in [9.17, 15) is 14.0 Å². The first-order chi connectivity index (χ1) is 16.4. The number of nitrogens with zero attached hydrogens (tertiary/aromatic N) is 1. The summed E-state index contributed by atoms with van der Waals surface area (Å²) in [7, 11) is 0. The van der Waals surface area contributed by atoms with E-state index in [0.29, 0.717) is 21.8 Å². The van der Waals surface area contributed by atoms with Crippen LogP contribution in [-0.2, 0) is 6.54 Å². The predicted octanol–water partition coefficient (Wildman–Crippen LogP) is 5.64. The summed E-state index contributed by atoms with van der Waals surface area (Å²) in [6.45, 7) is 0.259. The van der Waals surface area contributed by atoms with E-state index in [-0.39, 0.29) is 30.1 Å². The van der Waals surface area contributed by atoms with Crippen molar-refractivity contribution in [1.82, 2.24) is 4.90 Å². The lowest BCUT2D eigenvalue weighted by molar-refractivity contribution is 0.0583. The Hall–Kier alpha value is -3.22. The van der Waals surface area contributed by atoms with Gasteiger partial charge in [0, 0.05) is 40.5 Å². The van der Waals surface area contributed by atoms with E-state index in [1.807, 2.05) is 18.2 Å². The molecule has 5 nitrogen and oxygen atoms in total. The Balaban J connectivity index is 1.60. The molecule has 0 radical (unpaired) electrons. The molecule has 1 saturated carbocycles. The minimum absolute atomic E-state index is 0.104. The van der Waals surface area contributed by atoms with Gasteiger partial charge in [-0.25, -0.2) is 4.39 Å². The number of benzene rings is 3. The summed E-state index contributed by atoms with van der Waals surface area (Å²) in [5.41, 5.74) is 8.45. The highest BCUT2D eigenvalue weighted by atomic mass is 35.5. The van der Waals surface area contributed by atoms with E-state index in [2.05, 4.69) is 5.32 Å². The van der Waals surface area contributed by atoms with Gasteiger partial charge in [-0.15, -0.1) is 0 Å². The van der Waals surface area contributed by atoms with Gasteiger partial charge in [-0.3, -0.25) is 9.59 Å². The molecule has 0 aromatic heterocycles. The molecule has 0 bridgehead atoms. The number of carbonyl (C=O) groups excluding carboxylic acids is 2. The van der Waals surface area contributed by atoms with Crippen LogP contribution in [0.3, 0.4) is 0 Å². The molecule has 2 atom stereocenters. The minimum atomic E-state index is -0.483. The number of hydrogen-bond acceptors (Lipinski definition) is 3. The smallest absolute Gasteiger partial charge is 0.255 e. The molecule has 1 aliphatic carbocycles. The van der Waals surface area contributed by atoms with E-state index in [0.717, 1.165) is 25.7 Å². The number of carbonyl (C=O) groups is 2. The third kappa shape index (κ3) is 5.64. The molecule has 3 aromatic rings. The number of anilines is 1. The van der Waals surface area contributed by atoms with Crippen molar-refractivity contribution >= 4 is 29.1 Å². The third-order valence-electron chi connectivity index (χ3n) is 6.19. The Morgan fingerprint density at radius 3 is 2.44 bits per heavy atom. The Morgan fingerprint density at radius 1 is 0.971 bits per heavy atom. The Morgan fingerprint density at radius 2 is 1.71 bits per heavy atom. The van der Waals surface area contributed by atoms with Crippen molar-refractivity contribution in [2.45, 2.75) is 44.3 Å². The summed E-state index contributed by atoms with van der Waals surface area (Å²) in [5, 5.41) is 3.27. The largest absolute Gasteiger partial charge is 0.330 e. The fourth-order valence-corrected chi connectivity index (χ4v) is 4.58. The summed E-state index contributed by atoms with van der Waals surface area (Å²) >= 11 is 6.51. The zero-order chi connectivity index (χ0) is 24.1. The Kier molecular flexibility index (Phi) is 7.60. The number of nitrogens with one attached hydrogen (secondary N) is 1. The molecule has 0 spiro atoms. The normalized spacial score (nSPS) is 17.7. The van der Waals surface area contributed by atoms with Gasteiger partial charge in [0.2, 0.25) is 0 Å². The quantitative estimate of drug-likeness (QED) is 0.480. The van der Waals surface area contributed by atoms with Crippen LogP contribution in [0.1, 0.15) is 52.0 Å². The highest BCUT2D eigenvalue weighted by Gasteiger charge is 2.32. The second-order valence-electron chi connectivity index (χ2n) is 8.59. The van der Waals surface area contributed by atoms with Crippen molar-refractivity contribution in [3.05, 3.63) is 100 Å². The van der Waals surface area contributed by atoms with Gasteiger partial charge in [-0.05, 0) is 66.9 Å². The molecule has 7 heteroatoms. The van der Waals surface area contributed by atoms with Crippen molar-refractivity contribution in [3.63, 3.8) is 0 Å². The van der Waals surface area contributed by atoms with Crippen LogP contribution in [0.15, 0.2) is 72.8 Å². The van der Waals surface area contributed by atoms with Gasteiger partial charge < -0.3 is 16.0 Å². The van der Waals surface area contributed by atoms with Crippen LogP contribution in [0, 0.1) is 5.82 Å². The summed E-state index contributed by atoms with van der Waals surface area (Å²) in [5.74, 6) is -1.02. The highest BCUT2D eigenvalue weighted by molar-refractivity contribution is 6.31. The lowest BCUT2D eigenvalue weighted by Gasteiger charge is -2.38. The molecular weight excluding hydrogens is 453 g/mol. The van der Waals surface area contributed by atoms with Gasteiger partial charge in [0.05, 0.1) is 0 Å². The van der Waals surface area contributed by atoms with Crippen LogP contribution in [0.4, 0.5) is 10.1 Å². The number of amides is 2. The molecule has 1 aliphatic rings. The fraction of sp³-hybridized carbons (Fsp3) is 0.259. The van der Waals surface area contributed by atoms with Crippen LogP contribution < -0.4 is 11.1 Å². The SMILES string of the molecule is NC1CCCCC1N(Cc1cc(NC(=O)c2cccc(F)c2)ccc1Cl)C(=O)c1ccccc1. The molecule has 4 rings (SSSR count). The summed E-state index contributed by atoms with van der Waals surface area (Å²) in [6, 6.07) is 19.5. The summed E-state index contributed by atoms with van der Waals surface area (Å²) in [4.78, 5) is 27.9. The average Bonchev–Trinajstić information content (AvgIpc) is 2.85. The zero-order valence-corrected chi connectivity index (χ0v) is 19.5. The van der Waals surface area contributed by atoms with E-state index < -0.39 is 11.7 Å². The standard InChI is InChI=1S/C27H27ClFN3O2/c28-23-14-13-22(31-26(33)19-9-6-10-21(29)15-19)16-20(23)17-32(25-12-5-4-11-24(25)30)27(34)18-7-2-1-3-8-18/h1-3,6-10,13-16,24-25H,4-5,11-12,17,30H2,(H,31,33). The maximum absolute atomic E-state index is 13.5. The van der Waals surface area contributed by atoms with Gasteiger partial charge in [0.25, 0.3) is 11.8 Å². The first-order valence-electron chi connectivity index (χ1n) is 11.4. The first-order valence-corrected chi connectivity index (χ1v) is 11.8.